The molecule has 9 atom stereocenters. The molecule has 10 fully saturated rings. The zero-order valence-corrected chi connectivity index (χ0v) is 36.8. The van der Waals surface area contributed by atoms with Crippen LogP contribution in [-0.4, -0.2) is 95.0 Å². The maximum absolute atomic E-state index is 13.4. The van der Waals surface area contributed by atoms with Gasteiger partial charge in [-0.1, -0.05) is 65.3 Å². The monoisotopic (exact) mass is 965 g/mol. The van der Waals surface area contributed by atoms with Gasteiger partial charge in [0.25, 0.3) is 0 Å². The molecule has 66 heavy (non-hydrogen) atoms. The average molecular weight is 965 g/mol. The van der Waals surface area contributed by atoms with Crippen LogP contribution in [0.15, 0.2) is 0 Å². The standard InChI is InChI=1S/C19H29F3O2.C16H23F3O3.C10H18O4.6CH4/c1-5-17(4,19(20,21)22)15(23)24-16(2,3)18-9-12-6-13(10-18)8-14(7-12)11-18;1-3-13(2,16(17,18)19)12(20)22-15-7-10-4-11(8-15)6-14(21,5-10)9-15;1-3-6(2)14-8-5-13-9-7(11)4-12-10(8)9;;;;;;/h12-14H,5-11H2,1-4H3;10-11,21H,3-9H2,1-2H3;6-11H,3-5H2,1-2H3;6*1H4. The summed E-state index contributed by atoms with van der Waals surface area (Å²) in [5.41, 5.74) is -7.63. The van der Waals surface area contributed by atoms with Gasteiger partial charge in [-0.3, -0.25) is 9.59 Å². The molecule has 10 aliphatic rings. The summed E-state index contributed by atoms with van der Waals surface area (Å²) in [6.45, 7) is 13.3. The minimum absolute atomic E-state index is 0. The Morgan fingerprint density at radius 1 is 0.652 bits per heavy atom. The van der Waals surface area contributed by atoms with Gasteiger partial charge in [0.05, 0.1) is 24.9 Å². The van der Waals surface area contributed by atoms with E-state index in [4.69, 9.17) is 23.7 Å². The molecule has 394 valence electrons. The van der Waals surface area contributed by atoms with E-state index in [9.17, 15) is 46.1 Å². The average Bonchev–Trinajstić information content (AvgIpc) is 3.70. The minimum Gasteiger partial charge on any atom is -0.458 e. The number of hydrogen-bond acceptors (Lipinski definition) is 9. The van der Waals surface area contributed by atoms with Gasteiger partial charge in [0.1, 0.15) is 35.6 Å². The van der Waals surface area contributed by atoms with Crippen LogP contribution in [0, 0.1) is 45.8 Å². The smallest absolute Gasteiger partial charge is 0.404 e. The summed E-state index contributed by atoms with van der Waals surface area (Å²) in [7, 11) is 0. The second-order valence-corrected chi connectivity index (χ2v) is 21.3. The number of alkyl halides is 6. The van der Waals surface area contributed by atoms with Gasteiger partial charge in [-0.2, -0.15) is 26.3 Å². The number of fused-ring (bicyclic) bond motifs is 1. The van der Waals surface area contributed by atoms with Crippen molar-refractivity contribution in [2.75, 3.05) is 13.2 Å². The van der Waals surface area contributed by atoms with Crippen molar-refractivity contribution in [3.05, 3.63) is 0 Å². The molecule has 0 aromatic heterocycles. The lowest BCUT2D eigenvalue weighted by molar-refractivity contribution is -0.256. The number of esters is 2. The third kappa shape index (κ3) is 12.2. The summed E-state index contributed by atoms with van der Waals surface area (Å²) in [6, 6.07) is 0. The maximum Gasteiger partial charge on any atom is 0.404 e. The first-order valence-electron chi connectivity index (χ1n) is 22.5. The van der Waals surface area contributed by atoms with Gasteiger partial charge in [-0.05, 0) is 154 Å². The van der Waals surface area contributed by atoms with Crippen molar-refractivity contribution in [2.24, 2.45) is 45.8 Å². The largest absolute Gasteiger partial charge is 0.458 e. The number of aliphatic hydroxyl groups is 2. The highest BCUT2D eigenvalue weighted by atomic mass is 19.4. The van der Waals surface area contributed by atoms with Crippen LogP contribution in [0.1, 0.15) is 196 Å². The van der Waals surface area contributed by atoms with E-state index in [1.807, 2.05) is 20.8 Å². The molecule has 9 unspecified atom stereocenters. The highest BCUT2D eigenvalue weighted by Crippen LogP contribution is 2.65. The summed E-state index contributed by atoms with van der Waals surface area (Å²) < 4.78 is 108. The highest BCUT2D eigenvalue weighted by Gasteiger charge is 2.64. The molecule has 0 amide bonds. The Kier molecular flexibility index (Phi) is 22.0. The fourth-order valence-corrected chi connectivity index (χ4v) is 12.7. The van der Waals surface area contributed by atoms with Gasteiger partial charge in [0, 0.05) is 11.8 Å². The second kappa shape index (κ2) is 22.6. The van der Waals surface area contributed by atoms with Crippen LogP contribution < -0.4 is 0 Å². The van der Waals surface area contributed by atoms with E-state index in [1.165, 1.54) is 33.1 Å². The molecule has 8 saturated carbocycles. The summed E-state index contributed by atoms with van der Waals surface area (Å²) in [4.78, 5) is 24.8. The molecule has 2 heterocycles. The van der Waals surface area contributed by atoms with Gasteiger partial charge < -0.3 is 33.9 Å². The van der Waals surface area contributed by atoms with Crippen molar-refractivity contribution < 1.29 is 69.8 Å². The normalized spacial score (nSPS) is 37.5. The third-order valence-electron chi connectivity index (χ3n) is 16.5. The van der Waals surface area contributed by atoms with Crippen molar-refractivity contribution in [2.45, 2.75) is 256 Å². The van der Waals surface area contributed by atoms with Crippen molar-refractivity contribution in [3.63, 3.8) is 0 Å². The van der Waals surface area contributed by atoms with Crippen molar-refractivity contribution in [3.8, 4) is 0 Å². The Balaban J connectivity index is 0.000000944. The minimum atomic E-state index is -4.63. The van der Waals surface area contributed by atoms with Crippen LogP contribution in [0.2, 0.25) is 0 Å². The van der Waals surface area contributed by atoms with E-state index in [0.717, 1.165) is 46.0 Å². The lowest BCUT2D eigenvalue weighted by Crippen LogP contribution is -2.61. The Labute approximate surface area is 395 Å². The summed E-state index contributed by atoms with van der Waals surface area (Å²) in [5, 5.41) is 20.1. The Hall–Kier alpha value is -1.68. The van der Waals surface area contributed by atoms with Crippen molar-refractivity contribution >= 4 is 11.9 Å². The maximum atomic E-state index is 13.4. The zero-order valence-electron chi connectivity index (χ0n) is 36.8. The summed E-state index contributed by atoms with van der Waals surface area (Å²) in [6.07, 6.45) is 1.18. The van der Waals surface area contributed by atoms with E-state index in [1.54, 1.807) is 0 Å². The first-order chi connectivity index (χ1) is 27.7. The molecule has 0 aromatic rings. The van der Waals surface area contributed by atoms with Crippen molar-refractivity contribution in [1.29, 1.82) is 0 Å². The van der Waals surface area contributed by atoms with Gasteiger partial charge >= 0.3 is 24.3 Å². The van der Waals surface area contributed by atoms with E-state index in [0.29, 0.717) is 56.7 Å². The van der Waals surface area contributed by atoms with Crippen LogP contribution in [-0.2, 0) is 33.3 Å². The van der Waals surface area contributed by atoms with Crippen LogP contribution in [0.5, 0.6) is 0 Å². The first kappa shape index (κ1) is 64.3. The van der Waals surface area contributed by atoms with Crippen LogP contribution >= 0.6 is 0 Å². The molecule has 0 aromatic carbocycles. The number of ether oxygens (including phenoxy) is 5. The quantitative estimate of drug-likeness (QED) is 0.163. The van der Waals surface area contributed by atoms with Gasteiger partial charge in [-0.25, -0.2) is 0 Å². The highest BCUT2D eigenvalue weighted by molar-refractivity contribution is 5.78. The zero-order chi connectivity index (χ0) is 44.5. The fraction of sp³-hybridized carbons (Fsp3) is 0.961. The molecule has 2 N–H and O–H groups in total. The van der Waals surface area contributed by atoms with Crippen LogP contribution in [0.3, 0.4) is 0 Å². The molecular formula is C51H94F6O9. The summed E-state index contributed by atoms with van der Waals surface area (Å²) >= 11 is 0. The molecule has 15 heteroatoms. The van der Waals surface area contributed by atoms with E-state index >= 15 is 0 Å². The topological polar surface area (TPSA) is 121 Å². The van der Waals surface area contributed by atoms with Gasteiger partial charge in [-0.15, -0.1) is 0 Å². The molecule has 2 aliphatic heterocycles. The molecular weight excluding hydrogens is 871 g/mol. The molecule has 8 bridgehead atoms. The molecule has 0 spiro atoms. The number of halogens is 6. The predicted octanol–water partition coefficient (Wildman–Crippen LogP) is 13.2. The number of aliphatic hydroxyl groups excluding tert-OH is 1. The number of carbonyl (C=O) groups is 2. The Morgan fingerprint density at radius 3 is 1.48 bits per heavy atom. The van der Waals surface area contributed by atoms with Crippen molar-refractivity contribution in [1.82, 2.24) is 0 Å². The molecule has 10 rings (SSSR count). The van der Waals surface area contributed by atoms with E-state index in [-0.39, 0.29) is 105 Å². The van der Waals surface area contributed by atoms with Crippen LogP contribution in [0.25, 0.3) is 0 Å². The second-order valence-electron chi connectivity index (χ2n) is 21.3. The SMILES string of the molecule is C.C.C.C.C.C.CCC(C)(C(=O)OC(C)(C)C12CC3CC(CC(C3)C1)C2)C(F)(F)F.CCC(C)(C(=O)OC12CC3CC(CC(O)(C3)C1)C2)C(F)(F)F.CCC(C)OC1COC2C(O)COC12. The number of rotatable bonds is 10. The van der Waals surface area contributed by atoms with Crippen LogP contribution in [0.4, 0.5) is 26.3 Å². The van der Waals surface area contributed by atoms with E-state index < -0.39 is 58.0 Å². The van der Waals surface area contributed by atoms with Gasteiger partial charge in [0.2, 0.25) is 0 Å². The number of hydrogen-bond donors (Lipinski definition) is 2. The molecule has 2 saturated heterocycles. The molecule has 8 aliphatic carbocycles. The number of carbonyl (C=O) groups excluding carboxylic acids is 2. The fourth-order valence-electron chi connectivity index (χ4n) is 12.7. The van der Waals surface area contributed by atoms with E-state index in [2.05, 4.69) is 6.92 Å². The third-order valence-corrected chi connectivity index (χ3v) is 16.5. The Bertz CT molecular complexity index is 1500. The van der Waals surface area contributed by atoms with Gasteiger partial charge in [0.15, 0.2) is 10.8 Å². The lowest BCUT2D eigenvalue weighted by atomic mass is 9.46. The summed E-state index contributed by atoms with van der Waals surface area (Å²) in [5.74, 6) is 0.208. The Morgan fingerprint density at radius 2 is 1.08 bits per heavy atom. The molecule has 0 radical (unpaired) electrons. The lowest BCUT2D eigenvalue weighted by Gasteiger charge is -2.61. The molecule has 9 nitrogen and oxygen atoms in total. The predicted molar refractivity (Wildman–Crippen MR) is 249 cm³/mol. The first-order valence-corrected chi connectivity index (χ1v) is 22.5.